The molecule has 2 heterocycles. The van der Waals surface area contributed by atoms with Crippen molar-refractivity contribution in [2.75, 3.05) is 18.0 Å². The van der Waals surface area contributed by atoms with Crippen LogP contribution in [0.25, 0.3) is 0 Å². The summed E-state index contributed by atoms with van der Waals surface area (Å²) in [6.07, 6.45) is 0.276. The molecule has 16 heavy (non-hydrogen) atoms. The van der Waals surface area contributed by atoms with E-state index in [0.29, 0.717) is 25.3 Å². The van der Waals surface area contributed by atoms with Crippen molar-refractivity contribution >= 4 is 11.8 Å². The Labute approximate surface area is 93.3 Å². The Kier molecular flexibility index (Phi) is 2.78. The molecule has 2 rings (SSSR count). The number of pyridine rings is 1. The van der Waals surface area contributed by atoms with Gasteiger partial charge in [-0.15, -0.1) is 0 Å². The molecule has 2 N–H and O–H groups in total. The van der Waals surface area contributed by atoms with Crippen LogP contribution in [-0.2, 0) is 0 Å². The molecule has 0 radical (unpaired) electrons. The third kappa shape index (κ3) is 1.99. The Morgan fingerprint density at radius 3 is 2.88 bits per heavy atom. The molecule has 1 fully saturated rings. The summed E-state index contributed by atoms with van der Waals surface area (Å²) in [6.45, 7) is 2.93. The number of β-amino-alcohol motifs (C(OH)–C–C–N with tert-alkyl or cyclic N) is 1. The minimum Gasteiger partial charge on any atom is -0.478 e. The maximum Gasteiger partial charge on any atom is 0.339 e. The molecule has 0 spiro atoms. The average Bonchev–Trinajstić information content (AvgIpc) is 2.64. The van der Waals surface area contributed by atoms with Crippen molar-refractivity contribution in [3.8, 4) is 0 Å². The lowest BCUT2D eigenvalue weighted by Crippen LogP contribution is -2.24. The molecule has 0 aromatic carbocycles. The SMILES string of the molecule is Cc1ccc(C(=O)O)c(N2CC[C@H](O)C2)n1. The number of aromatic nitrogens is 1. The van der Waals surface area contributed by atoms with E-state index in [4.69, 9.17) is 5.11 Å². The lowest BCUT2D eigenvalue weighted by Gasteiger charge is -2.18. The lowest BCUT2D eigenvalue weighted by atomic mass is 10.2. The molecule has 1 aliphatic heterocycles. The number of carbonyl (C=O) groups is 1. The first-order valence-electron chi connectivity index (χ1n) is 5.22. The second-order valence-electron chi connectivity index (χ2n) is 4.02. The van der Waals surface area contributed by atoms with Crippen molar-refractivity contribution in [3.05, 3.63) is 23.4 Å². The van der Waals surface area contributed by atoms with Crippen LogP contribution in [0, 0.1) is 6.92 Å². The predicted octanol–water partition coefficient (Wildman–Crippen LogP) is 0.659. The van der Waals surface area contributed by atoms with Crippen molar-refractivity contribution in [1.82, 2.24) is 4.98 Å². The van der Waals surface area contributed by atoms with Crippen molar-refractivity contribution < 1.29 is 15.0 Å². The largest absolute Gasteiger partial charge is 0.478 e. The standard InChI is InChI=1S/C11H14N2O3/c1-7-2-3-9(11(15)16)10(12-7)13-5-4-8(14)6-13/h2-3,8,14H,4-6H2,1H3,(H,15,16)/t8-/m0/s1. The molecule has 1 aromatic heterocycles. The highest BCUT2D eigenvalue weighted by Crippen LogP contribution is 2.23. The monoisotopic (exact) mass is 222 g/mol. The van der Waals surface area contributed by atoms with Crippen molar-refractivity contribution in [2.24, 2.45) is 0 Å². The Morgan fingerprint density at radius 2 is 2.31 bits per heavy atom. The van der Waals surface area contributed by atoms with Gasteiger partial charge in [-0.05, 0) is 25.5 Å². The molecule has 0 amide bonds. The van der Waals surface area contributed by atoms with Crippen LogP contribution < -0.4 is 4.90 Å². The van der Waals surface area contributed by atoms with Crippen molar-refractivity contribution in [2.45, 2.75) is 19.4 Å². The number of carboxylic acid groups (broad SMARTS) is 1. The lowest BCUT2D eigenvalue weighted by molar-refractivity contribution is 0.0697. The number of aliphatic hydroxyl groups is 1. The van der Waals surface area contributed by atoms with Crippen molar-refractivity contribution in [3.63, 3.8) is 0 Å². The van der Waals surface area contributed by atoms with Gasteiger partial charge in [0.2, 0.25) is 0 Å². The van der Waals surface area contributed by atoms with Crippen LogP contribution in [0.3, 0.4) is 0 Å². The van der Waals surface area contributed by atoms with Gasteiger partial charge in [-0.2, -0.15) is 0 Å². The topological polar surface area (TPSA) is 73.7 Å². The van der Waals surface area contributed by atoms with Crippen LogP contribution in [0.15, 0.2) is 12.1 Å². The maximum atomic E-state index is 11.0. The van der Waals surface area contributed by atoms with Crippen LogP contribution in [-0.4, -0.2) is 40.4 Å². The first-order valence-corrected chi connectivity index (χ1v) is 5.22. The molecule has 5 heteroatoms. The fraction of sp³-hybridized carbons (Fsp3) is 0.455. The first kappa shape index (κ1) is 10.9. The molecule has 1 atom stereocenters. The van der Waals surface area contributed by atoms with Crippen LogP contribution in [0.4, 0.5) is 5.82 Å². The zero-order valence-corrected chi connectivity index (χ0v) is 9.05. The minimum atomic E-state index is -0.983. The number of anilines is 1. The number of carboxylic acids is 1. The number of hydrogen-bond acceptors (Lipinski definition) is 4. The molecule has 1 aliphatic rings. The number of nitrogens with zero attached hydrogens (tertiary/aromatic N) is 2. The van der Waals surface area contributed by atoms with Gasteiger partial charge in [0.1, 0.15) is 11.4 Å². The van der Waals surface area contributed by atoms with Gasteiger partial charge in [0, 0.05) is 18.8 Å². The summed E-state index contributed by atoms with van der Waals surface area (Å²) < 4.78 is 0. The molecule has 0 bridgehead atoms. The molecular weight excluding hydrogens is 208 g/mol. The number of hydrogen-bond donors (Lipinski definition) is 2. The summed E-state index contributed by atoms with van der Waals surface area (Å²) >= 11 is 0. The summed E-state index contributed by atoms with van der Waals surface area (Å²) in [5, 5.41) is 18.5. The highest BCUT2D eigenvalue weighted by Gasteiger charge is 2.25. The number of aromatic carboxylic acids is 1. The quantitative estimate of drug-likeness (QED) is 0.769. The fourth-order valence-electron chi connectivity index (χ4n) is 1.89. The summed E-state index contributed by atoms with van der Waals surface area (Å²) in [5.41, 5.74) is 0.973. The van der Waals surface area contributed by atoms with Crippen LogP contribution in [0.1, 0.15) is 22.5 Å². The summed E-state index contributed by atoms with van der Waals surface area (Å²) in [4.78, 5) is 17.1. The Morgan fingerprint density at radius 1 is 1.56 bits per heavy atom. The van der Waals surface area contributed by atoms with Gasteiger partial charge in [0.05, 0.1) is 6.10 Å². The Bertz CT molecular complexity index is 420. The first-order chi connectivity index (χ1) is 7.58. The van der Waals surface area contributed by atoms with E-state index < -0.39 is 5.97 Å². The maximum absolute atomic E-state index is 11.0. The zero-order chi connectivity index (χ0) is 11.7. The molecular formula is C11H14N2O3. The summed E-state index contributed by atoms with van der Waals surface area (Å²) in [7, 11) is 0. The highest BCUT2D eigenvalue weighted by atomic mass is 16.4. The van der Waals surface area contributed by atoms with E-state index in [1.54, 1.807) is 12.1 Å². The van der Waals surface area contributed by atoms with E-state index in [-0.39, 0.29) is 11.7 Å². The fourth-order valence-corrected chi connectivity index (χ4v) is 1.89. The van der Waals surface area contributed by atoms with E-state index in [1.165, 1.54) is 0 Å². The minimum absolute atomic E-state index is 0.194. The Hall–Kier alpha value is -1.62. The van der Waals surface area contributed by atoms with Gasteiger partial charge >= 0.3 is 5.97 Å². The summed E-state index contributed by atoms with van der Waals surface area (Å²) in [6, 6.07) is 3.24. The van der Waals surface area contributed by atoms with Crippen LogP contribution >= 0.6 is 0 Å². The van der Waals surface area contributed by atoms with E-state index in [0.717, 1.165) is 5.69 Å². The van der Waals surface area contributed by atoms with Gasteiger partial charge in [0.15, 0.2) is 0 Å². The average molecular weight is 222 g/mol. The molecule has 0 aliphatic carbocycles. The van der Waals surface area contributed by atoms with Crippen LogP contribution in [0.5, 0.6) is 0 Å². The van der Waals surface area contributed by atoms with E-state index >= 15 is 0 Å². The molecule has 1 aromatic rings. The Balaban J connectivity index is 2.37. The molecule has 5 nitrogen and oxygen atoms in total. The van der Waals surface area contributed by atoms with Gasteiger partial charge in [-0.3, -0.25) is 0 Å². The third-order valence-electron chi connectivity index (χ3n) is 2.71. The summed E-state index contributed by atoms with van der Waals surface area (Å²) in [5.74, 6) is -0.520. The van der Waals surface area contributed by atoms with E-state index in [9.17, 15) is 9.90 Å². The van der Waals surface area contributed by atoms with Gasteiger partial charge < -0.3 is 15.1 Å². The predicted molar refractivity (Wildman–Crippen MR) is 58.8 cm³/mol. The molecule has 0 unspecified atom stereocenters. The second kappa shape index (κ2) is 4.09. The second-order valence-corrected chi connectivity index (χ2v) is 4.02. The highest BCUT2D eigenvalue weighted by molar-refractivity contribution is 5.93. The zero-order valence-electron chi connectivity index (χ0n) is 9.05. The smallest absolute Gasteiger partial charge is 0.339 e. The van der Waals surface area contributed by atoms with Gasteiger partial charge in [0.25, 0.3) is 0 Å². The number of aliphatic hydroxyl groups excluding tert-OH is 1. The van der Waals surface area contributed by atoms with Crippen molar-refractivity contribution in [1.29, 1.82) is 0 Å². The van der Waals surface area contributed by atoms with Crippen LogP contribution in [0.2, 0.25) is 0 Å². The normalized spacial score (nSPS) is 20.1. The van der Waals surface area contributed by atoms with E-state index in [2.05, 4.69) is 4.98 Å². The third-order valence-corrected chi connectivity index (χ3v) is 2.71. The number of aryl methyl sites for hydroxylation is 1. The van der Waals surface area contributed by atoms with E-state index in [1.807, 2.05) is 11.8 Å². The van der Waals surface area contributed by atoms with Gasteiger partial charge in [-0.1, -0.05) is 0 Å². The molecule has 0 saturated carbocycles. The molecule has 1 saturated heterocycles. The number of rotatable bonds is 2. The van der Waals surface area contributed by atoms with Gasteiger partial charge in [-0.25, -0.2) is 9.78 Å². The molecule has 86 valence electrons.